The van der Waals surface area contributed by atoms with E-state index < -0.39 is 5.97 Å². The Kier molecular flexibility index (Phi) is 4.03. The summed E-state index contributed by atoms with van der Waals surface area (Å²) < 4.78 is 9.74. The van der Waals surface area contributed by atoms with E-state index in [4.69, 9.17) is 14.6 Å². The Morgan fingerprint density at radius 2 is 1.88 bits per heavy atom. The number of carboxylic acids is 1. The van der Waals surface area contributed by atoms with Crippen molar-refractivity contribution in [3.05, 3.63) is 11.6 Å². The van der Waals surface area contributed by atoms with E-state index >= 15 is 0 Å². The molecule has 0 radical (unpaired) electrons. The first-order valence-electron chi connectivity index (χ1n) is 4.88. The zero-order valence-corrected chi connectivity index (χ0v) is 9.56. The van der Waals surface area contributed by atoms with Crippen LogP contribution in [0.1, 0.15) is 12.0 Å². The van der Waals surface area contributed by atoms with Gasteiger partial charge in [0.25, 0.3) is 0 Å². The number of aryl methyl sites for hydroxylation is 1. The number of hydrogen-bond donors (Lipinski definition) is 3. The van der Waals surface area contributed by atoms with Crippen molar-refractivity contribution in [3.8, 4) is 23.0 Å². The molecule has 1 aromatic rings. The van der Waals surface area contributed by atoms with E-state index in [1.807, 2.05) is 0 Å². The maximum atomic E-state index is 10.5. The lowest BCUT2D eigenvalue weighted by molar-refractivity contribution is -0.136. The highest BCUT2D eigenvalue weighted by Gasteiger charge is 2.18. The van der Waals surface area contributed by atoms with Gasteiger partial charge in [0, 0.05) is 12.0 Å². The number of rotatable bonds is 5. The molecule has 0 aliphatic rings. The Hall–Kier alpha value is -2.11. The Bertz CT molecular complexity index is 426. The Morgan fingerprint density at radius 1 is 1.24 bits per heavy atom. The lowest BCUT2D eigenvalue weighted by Crippen LogP contribution is -1.99. The number of carboxylic acid groups (broad SMARTS) is 1. The van der Waals surface area contributed by atoms with Gasteiger partial charge in [-0.3, -0.25) is 4.79 Å². The quantitative estimate of drug-likeness (QED) is 0.716. The lowest BCUT2D eigenvalue weighted by atomic mass is 10.1. The topological polar surface area (TPSA) is 96.2 Å². The fourth-order valence-electron chi connectivity index (χ4n) is 1.45. The van der Waals surface area contributed by atoms with Crippen LogP contribution in [0.3, 0.4) is 0 Å². The van der Waals surface area contributed by atoms with Gasteiger partial charge in [0.1, 0.15) is 0 Å². The molecule has 0 atom stereocenters. The van der Waals surface area contributed by atoms with Crippen LogP contribution in [0.5, 0.6) is 23.0 Å². The van der Waals surface area contributed by atoms with Crippen LogP contribution >= 0.6 is 0 Å². The summed E-state index contributed by atoms with van der Waals surface area (Å²) in [6, 6.07) is 1.39. The highest BCUT2D eigenvalue weighted by molar-refractivity contribution is 5.68. The average molecular weight is 242 g/mol. The predicted molar refractivity (Wildman–Crippen MR) is 58.8 cm³/mol. The van der Waals surface area contributed by atoms with Gasteiger partial charge < -0.3 is 24.8 Å². The SMILES string of the molecule is COc1cc(CCC(=O)O)c(O)c(OC)c1O. The van der Waals surface area contributed by atoms with E-state index in [1.54, 1.807) is 0 Å². The third-order valence-corrected chi connectivity index (χ3v) is 2.31. The molecule has 0 fully saturated rings. The van der Waals surface area contributed by atoms with Crippen molar-refractivity contribution in [2.24, 2.45) is 0 Å². The summed E-state index contributed by atoms with van der Waals surface area (Å²) in [6.07, 6.45) is -0.0151. The third kappa shape index (κ3) is 2.72. The minimum Gasteiger partial charge on any atom is -0.504 e. The van der Waals surface area contributed by atoms with E-state index in [1.165, 1.54) is 20.3 Å². The second-order valence-electron chi connectivity index (χ2n) is 3.36. The normalized spacial score (nSPS) is 10.0. The molecule has 6 nitrogen and oxygen atoms in total. The molecular weight excluding hydrogens is 228 g/mol. The Balaban J connectivity index is 3.16. The smallest absolute Gasteiger partial charge is 0.303 e. The minimum atomic E-state index is -0.976. The number of phenols is 2. The van der Waals surface area contributed by atoms with Crippen LogP contribution in [0.15, 0.2) is 6.07 Å². The van der Waals surface area contributed by atoms with Crippen molar-refractivity contribution in [3.63, 3.8) is 0 Å². The Morgan fingerprint density at radius 3 is 2.35 bits per heavy atom. The van der Waals surface area contributed by atoms with Crippen molar-refractivity contribution >= 4 is 5.97 Å². The largest absolute Gasteiger partial charge is 0.504 e. The molecule has 0 unspecified atom stereocenters. The zero-order valence-electron chi connectivity index (χ0n) is 9.56. The van der Waals surface area contributed by atoms with Crippen molar-refractivity contribution in [1.82, 2.24) is 0 Å². The summed E-state index contributed by atoms with van der Waals surface area (Å²) in [4.78, 5) is 10.5. The molecule has 1 aromatic carbocycles. The monoisotopic (exact) mass is 242 g/mol. The standard InChI is InChI=1S/C11H14O6/c1-16-7-5-6(3-4-8(12)13)9(14)11(17-2)10(7)15/h5,14-15H,3-4H2,1-2H3,(H,12,13). The number of methoxy groups -OCH3 is 2. The lowest BCUT2D eigenvalue weighted by Gasteiger charge is -2.13. The van der Waals surface area contributed by atoms with Gasteiger partial charge in [-0.1, -0.05) is 0 Å². The van der Waals surface area contributed by atoms with Crippen LogP contribution in [0.2, 0.25) is 0 Å². The zero-order chi connectivity index (χ0) is 13.0. The summed E-state index contributed by atoms with van der Waals surface area (Å²) in [5.74, 6) is -1.56. The average Bonchev–Trinajstić information content (AvgIpc) is 2.28. The number of ether oxygens (including phenoxy) is 2. The summed E-state index contributed by atoms with van der Waals surface area (Å²) in [5, 5.41) is 28.0. The van der Waals surface area contributed by atoms with Crippen LogP contribution < -0.4 is 9.47 Å². The van der Waals surface area contributed by atoms with Gasteiger partial charge in [-0.25, -0.2) is 0 Å². The van der Waals surface area contributed by atoms with Gasteiger partial charge in [0.15, 0.2) is 11.5 Å². The van der Waals surface area contributed by atoms with Crippen molar-refractivity contribution in [1.29, 1.82) is 0 Å². The number of aromatic hydroxyl groups is 2. The van der Waals surface area contributed by atoms with Gasteiger partial charge in [-0.05, 0) is 12.5 Å². The van der Waals surface area contributed by atoms with E-state index in [0.717, 1.165) is 0 Å². The highest BCUT2D eigenvalue weighted by atomic mass is 16.5. The second-order valence-corrected chi connectivity index (χ2v) is 3.36. The third-order valence-electron chi connectivity index (χ3n) is 2.31. The van der Waals surface area contributed by atoms with Crippen LogP contribution in [-0.4, -0.2) is 35.5 Å². The van der Waals surface area contributed by atoms with Crippen molar-refractivity contribution < 1.29 is 29.6 Å². The first kappa shape index (κ1) is 13.0. The van der Waals surface area contributed by atoms with E-state index in [-0.39, 0.29) is 35.8 Å². The van der Waals surface area contributed by atoms with Crippen LogP contribution in [0, 0.1) is 0 Å². The maximum Gasteiger partial charge on any atom is 0.303 e. The van der Waals surface area contributed by atoms with Crippen molar-refractivity contribution in [2.75, 3.05) is 14.2 Å². The van der Waals surface area contributed by atoms with Gasteiger partial charge >= 0.3 is 5.97 Å². The fourth-order valence-corrected chi connectivity index (χ4v) is 1.45. The molecule has 6 heteroatoms. The van der Waals surface area contributed by atoms with E-state index in [9.17, 15) is 15.0 Å². The molecule has 0 amide bonds. The molecule has 0 saturated heterocycles. The van der Waals surface area contributed by atoms with E-state index in [2.05, 4.69) is 0 Å². The van der Waals surface area contributed by atoms with Gasteiger partial charge in [-0.15, -0.1) is 0 Å². The van der Waals surface area contributed by atoms with Gasteiger partial charge in [-0.2, -0.15) is 0 Å². The molecule has 0 bridgehead atoms. The molecule has 17 heavy (non-hydrogen) atoms. The number of hydrogen-bond acceptors (Lipinski definition) is 5. The molecule has 0 aliphatic heterocycles. The molecule has 0 aliphatic carbocycles. The first-order valence-corrected chi connectivity index (χ1v) is 4.88. The summed E-state index contributed by atoms with van der Waals surface area (Å²) in [7, 11) is 2.64. The van der Waals surface area contributed by atoms with E-state index in [0.29, 0.717) is 5.56 Å². The van der Waals surface area contributed by atoms with Gasteiger partial charge in [0.05, 0.1) is 14.2 Å². The highest BCUT2D eigenvalue weighted by Crippen LogP contribution is 2.45. The van der Waals surface area contributed by atoms with Crippen molar-refractivity contribution in [2.45, 2.75) is 12.8 Å². The Labute approximate surface area is 98.0 Å². The van der Waals surface area contributed by atoms with Crippen LogP contribution in [-0.2, 0) is 11.2 Å². The predicted octanol–water partition coefficient (Wildman–Crippen LogP) is 1.13. The number of benzene rings is 1. The maximum absolute atomic E-state index is 10.5. The second kappa shape index (κ2) is 5.29. The van der Waals surface area contributed by atoms with Gasteiger partial charge in [0.2, 0.25) is 11.5 Å². The number of aliphatic carboxylic acids is 1. The molecule has 94 valence electrons. The first-order chi connectivity index (χ1) is 8.01. The number of phenolic OH excluding ortho intramolecular Hbond substituents is 2. The molecule has 0 saturated carbocycles. The molecular formula is C11H14O6. The minimum absolute atomic E-state index is 0.119. The molecule has 0 heterocycles. The molecule has 0 aromatic heterocycles. The summed E-state index contributed by atoms with van der Waals surface area (Å²) in [5.41, 5.74) is 0.346. The van der Waals surface area contributed by atoms with Crippen LogP contribution in [0.4, 0.5) is 0 Å². The summed E-state index contributed by atoms with van der Waals surface area (Å²) in [6.45, 7) is 0. The summed E-state index contributed by atoms with van der Waals surface area (Å²) >= 11 is 0. The number of carbonyl (C=O) groups is 1. The molecule has 3 N–H and O–H groups in total. The molecule has 1 rings (SSSR count). The molecule has 0 spiro atoms. The van der Waals surface area contributed by atoms with Crippen LogP contribution in [0.25, 0.3) is 0 Å². The fraction of sp³-hybridized carbons (Fsp3) is 0.364.